The van der Waals surface area contributed by atoms with Crippen molar-refractivity contribution >= 4 is 22.7 Å². The standard InChI is InChI=1S/C11H16N4S/c1-3-9-7-13-8(2)14-10(9)15-11-12-5-4-6-16-11/h7H,3-6H2,1-2H3,(H,12,13,14,15). The molecule has 0 unspecified atom stereocenters. The second kappa shape index (κ2) is 5.30. The minimum atomic E-state index is 0.793. The molecule has 1 aromatic rings. The minimum Gasteiger partial charge on any atom is -0.319 e. The molecule has 0 amide bonds. The Kier molecular flexibility index (Phi) is 3.77. The van der Waals surface area contributed by atoms with E-state index in [1.807, 2.05) is 13.1 Å². The molecule has 2 heterocycles. The highest BCUT2D eigenvalue weighted by atomic mass is 32.2. The average molecular weight is 236 g/mol. The number of anilines is 1. The van der Waals surface area contributed by atoms with Crippen LogP contribution >= 0.6 is 11.8 Å². The fourth-order valence-corrected chi connectivity index (χ4v) is 2.32. The fourth-order valence-electron chi connectivity index (χ4n) is 1.50. The van der Waals surface area contributed by atoms with Gasteiger partial charge < -0.3 is 5.32 Å². The molecule has 0 fully saturated rings. The van der Waals surface area contributed by atoms with Gasteiger partial charge in [0.2, 0.25) is 0 Å². The second-order valence-electron chi connectivity index (χ2n) is 3.66. The Morgan fingerprint density at radius 2 is 2.38 bits per heavy atom. The van der Waals surface area contributed by atoms with Crippen molar-refractivity contribution in [3.8, 4) is 0 Å². The van der Waals surface area contributed by atoms with E-state index < -0.39 is 0 Å². The molecular formula is C11H16N4S. The molecule has 4 nitrogen and oxygen atoms in total. The van der Waals surface area contributed by atoms with Crippen molar-refractivity contribution in [1.29, 1.82) is 0 Å². The van der Waals surface area contributed by atoms with Crippen LogP contribution in [0.4, 0.5) is 5.82 Å². The van der Waals surface area contributed by atoms with E-state index in [0.717, 1.165) is 41.1 Å². The summed E-state index contributed by atoms with van der Waals surface area (Å²) in [5.74, 6) is 2.83. The molecular weight excluding hydrogens is 220 g/mol. The van der Waals surface area contributed by atoms with Gasteiger partial charge in [-0.1, -0.05) is 18.7 Å². The Labute approximate surface area is 100.0 Å². The minimum absolute atomic E-state index is 0.793. The zero-order valence-corrected chi connectivity index (χ0v) is 10.5. The quantitative estimate of drug-likeness (QED) is 0.855. The van der Waals surface area contributed by atoms with Crippen LogP contribution in [0.1, 0.15) is 24.7 Å². The third kappa shape index (κ3) is 2.72. The Balaban J connectivity index is 2.18. The number of rotatable bonds is 2. The van der Waals surface area contributed by atoms with Crippen LogP contribution in [0.15, 0.2) is 11.2 Å². The molecule has 1 aliphatic rings. The van der Waals surface area contributed by atoms with Crippen molar-refractivity contribution in [1.82, 2.24) is 9.97 Å². The third-order valence-corrected chi connectivity index (χ3v) is 3.39. The Morgan fingerprint density at radius 1 is 1.50 bits per heavy atom. The number of nitrogens with one attached hydrogen (secondary N) is 1. The van der Waals surface area contributed by atoms with Gasteiger partial charge in [0.15, 0.2) is 5.17 Å². The van der Waals surface area contributed by atoms with E-state index in [4.69, 9.17) is 0 Å². The summed E-state index contributed by atoms with van der Waals surface area (Å²) >= 11 is 1.76. The van der Waals surface area contributed by atoms with Gasteiger partial charge in [0.1, 0.15) is 11.6 Å². The smallest absolute Gasteiger partial charge is 0.162 e. The van der Waals surface area contributed by atoms with E-state index >= 15 is 0 Å². The van der Waals surface area contributed by atoms with Crippen LogP contribution < -0.4 is 5.32 Å². The van der Waals surface area contributed by atoms with Gasteiger partial charge in [-0.15, -0.1) is 0 Å². The van der Waals surface area contributed by atoms with Gasteiger partial charge in [0.25, 0.3) is 0 Å². The van der Waals surface area contributed by atoms with E-state index in [1.165, 1.54) is 6.42 Å². The van der Waals surface area contributed by atoms with E-state index in [0.29, 0.717) is 0 Å². The van der Waals surface area contributed by atoms with Gasteiger partial charge in [-0.05, 0) is 19.8 Å². The zero-order chi connectivity index (χ0) is 11.4. The van der Waals surface area contributed by atoms with Gasteiger partial charge in [0, 0.05) is 24.1 Å². The lowest BCUT2D eigenvalue weighted by Gasteiger charge is -2.14. The highest BCUT2D eigenvalue weighted by Gasteiger charge is 2.09. The number of aryl methyl sites for hydroxylation is 2. The maximum absolute atomic E-state index is 4.44. The SMILES string of the molecule is CCc1cnc(C)nc1NC1=NCCCS1. The summed E-state index contributed by atoms with van der Waals surface area (Å²) in [6.07, 6.45) is 3.98. The zero-order valence-electron chi connectivity index (χ0n) is 9.66. The Hall–Kier alpha value is -1.10. The molecule has 86 valence electrons. The van der Waals surface area contributed by atoms with Crippen molar-refractivity contribution in [2.24, 2.45) is 4.99 Å². The molecule has 5 heteroatoms. The summed E-state index contributed by atoms with van der Waals surface area (Å²) in [6.45, 7) is 4.93. The molecule has 1 N–H and O–H groups in total. The monoisotopic (exact) mass is 236 g/mol. The van der Waals surface area contributed by atoms with Crippen LogP contribution in [0, 0.1) is 6.92 Å². The van der Waals surface area contributed by atoms with Gasteiger partial charge in [-0.2, -0.15) is 0 Å². The number of aromatic nitrogens is 2. The fraction of sp³-hybridized carbons (Fsp3) is 0.545. The molecule has 0 radical (unpaired) electrons. The molecule has 1 aliphatic heterocycles. The van der Waals surface area contributed by atoms with Crippen molar-refractivity contribution in [2.45, 2.75) is 26.7 Å². The van der Waals surface area contributed by atoms with E-state index in [2.05, 4.69) is 27.2 Å². The average Bonchev–Trinajstić information content (AvgIpc) is 2.31. The van der Waals surface area contributed by atoms with Crippen LogP contribution in [0.25, 0.3) is 0 Å². The lowest BCUT2D eigenvalue weighted by Crippen LogP contribution is -2.16. The Morgan fingerprint density at radius 3 is 3.06 bits per heavy atom. The first-order valence-electron chi connectivity index (χ1n) is 5.56. The predicted molar refractivity (Wildman–Crippen MR) is 69.1 cm³/mol. The maximum Gasteiger partial charge on any atom is 0.162 e. The number of aliphatic imine (C=N–C) groups is 1. The van der Waals surface area contributed by atoms with Gasteiger partial charge in [-0.3, -0.25) is 4.99 Å². The molecule has 1 aromatic heterocycles. The number of hydrogen-bond donors (Lipinski definition) is 1. The first-order chi connectivity index (χ1) is 7.79. The van der Waals surface area contributed by atoms with Crippen LogP contribution in [0.2, 0.25) is 0 Å². The van der Waals surface area contributed by atoms with E-state index in [9.17, 15) is 0 Å². The second-order valence-corrected chi connectivity index (χ2v) is 4.74. The summed E-state index contributed by atoms with van der Waals surface area (Å²) < 4.78 is 0. The lowest BCUT2D eigenvalue weighted by molar-refractivity contribution is 0.936. The summed E-state index contributed by atoms with van der Waals surface area (Å²) in [6, 6.07) is 0. The molecule has 0 spiro atoms. The molecule has 0 saturated heterocycles. The maximum atomic E-state index is 4.44. The largest absolute Gasteiger partial charge is 0.319 e. The number of hydrogen-bond acceptors (Lipinski definition) is 5. The van der Waals surface area contributed by atoms with Gasteiger partial charge in [-0.25, -0.2) is 9.97 Å². The van der Waals surface area contributed by atoms with Crippen molar-refractivity contribution in [3.05, 3.63) is 17.6 Å². The first kappa shape index (κ1) is 11.4. The van der Waals surface area contributed by atoms with Crippen LogP contribution in [-0.2, 0) is 6.42 Å². The van der Waals surface area contributed by atoms with E-state index in [1.54, 1.807) is 11.8 Å². The van der Waals surface area contributed by atoms with Crippen molar-refractivity contribution in [3.63, 3.8) is 0 Å². The molecule has 2 rings (SSSR count). The molecule has 0 aliphatic carbocycles. The van der Waals surface area contributed by atoms with Crippen LogP contribution in [0.3, 0.4) is 0 Å². The number of thioether (sulfide) groups is 1. The van der Waals surface area contributed by atoms with Crippen molar-refractivity contribution < 1.29 is 0 Å². The highest BCUT2D eigenvalue weighted by molar-refractivity contribution is 8.14. The van der Waals surface area contributed by atoms with Crippen LogP contribution in [-0.4, -0.2) is 27.4 Å². The number of nitrogens with zero attached hydrogens (tertiary/aromatic N) is 3. The number of amidine groups is 1. The predicted octanol–water partition coefficient (Wildman–Crippen LogP) is 2.25. The summed E-state index contributed by atoms with van der Waals surface area (Å²) in [4.78, 5) is 13.1. The summed E-state index contributed by atoms with van der Waals surface area (Å²) in [7, 11) is 0. The molecule has 0 saturated carbocycles. The molecule has 0 aromatic carbocycles. The normalized spacial score (nSPS) is 15.8. The Bertz CT molecular complexity index is 403. The van der Waals surface area contributed by atoms with Crippen molar-refractivity contribution in [2.75, 3.05) is 17.6 Å². The molecule has 0 atom stereocenters. The highest BCUT2D eigenvalue weighted by Crippen LogP contribution is 2.18. The van der Waals surface area contributed by atoms with Gasteiger partial charge >= 0.3 is 0 Å². The third-order valence-electron chi connectivity index (χ3n) is 2.39. The van der Waals surface area contributed by atoms with Crippen LogP contribution in [0.5, 0.6) is 0 Å². The van der Waals surface area contributed by atoms with E-state index in [-0.39, 0.29) is 0 Å². The van der Waals surface area contributed by atoms with Gasteiger partial charge in [0.05, 0.1) is 0 Å². The topological polar surface area (TPSA) is 50.2 Å². The summed E-state index contributed by atoms with van der Waals surface area (Å²) in [5.41, 5.74) is 1.14. The lowest BCUT2D eigenvalue weighted by atomic mass is 10.2. The summed E-state index contributed by atoms with van der Waals surface area (Å²) in [5, 5.41) is 4.29. The molecule has 16 heavy (non-hydrogen) atoms. The molecule has 0 bridgehead atoms. The first-order valence-corrected chi connectivity index (χ1v) is 6.55.